The molecular weight excluding hydrogens is 358 g/mol. The van der Waals surface area contributed by atoms with Crippen LogP contribution < -0.4 is 24.8 Å². The van der Waals surface area contributed by atoms with Gasteiger partial charge >= 0.3 is 0 Å². The molecule has 7 heteroatoms. The first-order valence-electron chi connectivity index (χ1n) is 8.75. The molecule has 0 saturated heterocycles. The molecular formula is C21H19N3O4. The first-order chi connectivity index (χ1) is 13.7. The molecule has 0 saturated carbocycles. The summed E-state index contributed by atoms with van der Waals surface area (Å²) in [5, 5.41) is 6.12. The summed E-state index contributed by atoms with van der Waals surface area (Å²) in [5.41, 5.74) is 2.84. The number of anilines is 2. The fourth-order valence-electron chi connectivity index (χ4n) is 2.79. The van der Waals surface area contributed by atoms with Crippen LogP contribution in [0.4, 0.5) is 11.4 Å². The van der Waals surface area contributed by atoms with Gasteiger partial charge in [0.2, 0.25) is 6.79 Å². The summed E-state index contributed by atoms with van der Waals surface area (Å²) in [5.74, 6) is 1.95. The normalized spacial score (nSPS) is 11.8. The maximum Gasteiger partial charge on any atom is 0.274 e. The maximum absolute atomic E-state index is 12.5. The van der Waals surface area contributed by atoms with Crippen LogP contribution in [0, 0.1) is 0 Å². The number of hydrogen-bond acceptors (Lipinski definition) is 6. The summed E-state index contributed by atoms with van der Waals surface area (Å²) in [6.07, 6.45) is 1.60. The molecule has 0 radical (unpaired) electrons. The molecule has 1 aromatic heterocycles. The van der Waals surface area contributed by atoms with E-state index in [0.29, 0.717) is 17.9 Å². The van der Waals surface area contributed by atoms with E-state index in [4.69, 9.17) is 14.2 Å². The SMILES string of the molecule is COc1ccc(NC(=O)c2cc(NCc3ccc4c(c3)OCO4)ccn2)cc1. The average molecular weight is 377 g/mol. The van der Waals surface area contributed by atoms with E-state index in [0.717, 1.165) is 28.5 Å². The highest BCUT2D eigenvalue weighted by molar-refractivity contribution is 6.03. The topological polar surface area (TPSA) is 81.7 Å². The standard InChI is InChI=1S/C21H19N3O4/c1-26-17-5-3-15(4-6-17)24-21(25)18-11-16(8-9-22-18)23-12-14-2-7-19-20(10-14)28-13-27-19/h2-11H,12-13H2,1H3,(H,22,23)(H,24,25). The van der Waals surface area contributed by atoms with E-state index >= 15 is 0 Å². The van der Waals surface area contributed by atoms with Crippen molar-refractivity contribution >= 4 is 17.3 Å². The Morgan fingerprint density at radius 3 is 2.68 bits per heavy atom. The van der Waals surface area contributed by atoms with Gasteiger partial charge in [-0.3, -0.25) is 9.78 Å². The summed E-state index contributed by atoms with van der Waals surface area (Å²) >= 11 is 0. The number of rotatable bonds is 6. The van der Waals surface area contributed by atoms with E-state index in [9.17, 15) is 4.79 Å². The molecule has 0 fully saturated rings. The number of amides is 1. The molecule has 2 N–H and O–H groups in total. The number of methoxy groups -OCH3 is 1. The zero-order valence-corrected chi connectivity index (χ0v) is 15.3. The van der Waals surface area contributed by atoms with Crippen LogP contribution in [0.25, 0.3) is 0 Å². The van der Waals surface area contributed by atoms with Crippen molar-refractivity contribution in [3.63, 3.8) is 0 Å². The van der Waals surface area contributed by atoms with Crippen LogP contribution >= 0.6 is 0 Å². The minimum Gasteiger partial charge on any atom is -0.497 e. The molecule has 1 aliphatic rings. The lowest BCUT2D eigenvalue weighted by Crippen LogP contribution is -2.14. The lowest BCUT2D eigenvalue weighted by Gasteiger charge is -2.09. The summed E-state index contributed by atoms with van der Waals surface area (Å²) in [6, 6.07) is 16.4. The number of pyridine rings is 1. The third-order valence-corrected chi connectivity index (χ3v) is 4.27. The number of benzene rings is 2. The molecule has 2 heterocycles. The molecule has 4 rings (SSSR count). The molecule has 0 atom stereocenters. The zero-order chi connectivity index (χ0) is 19.3. The summed E-state index contributed by atoms with van der Waals surface area (Å²) in [7, 11) is 1.60. The van der Waals surface area contributed by atoms with Gasteiger partial charge in [0.25, 0.3) is 5.91 Å². The molecule has 0 unspecified atom stereocenters. The molecule has 142 valence electrons. The number of nitrogens with one attached hydrogen (secondary N) is 2. The summed E-state index contributed by atoms with van der Waals surface area (Å²) < 4.78 is 15.8. The van der Waals surface area contributed by atoms with Crippen molar-refractivity contribution in [2.24, 2.45) is 0 Å². The fourth-order valence-corrected chi connectivity index (χ4v) is 2.79. The first kappa shape index (κ1) is 17.7. The second-order valence-electron chi connectivity index (χ2n) is 6.15. The average Bonchev–Trinajstić information content (AvgIpc) is 3.21. The fraction of sp³-hybridized carbons (Fsp3) is 0.143. The number of fused-ring (bicyclic) bond motifs is 1. The van der Waals surface area contributed by atoms with E-state index in [2.05, 4.69) is 15.6 Å². The highest BCUT2D eigenvalue weighted by Crippen LogP contribution is 2.32. The number of carbonyl (C=O) groups is 1. The van der Waals surface area contributed by atoms with E-state index < -0.39 is 0 Å². The lowest BCUT2D eigenvalue weighted by molar-refractivity contribution is 0.102. The van der Waals surface area contributed by atoms with Crippen molar-refractivity contribution in [1.82, 2.24) is 4.98 Å². The van der Waals surface area contributed by atoms with Crippen molar-refractivity contribution in [3.8, 4) is 17.2 Å². The molecule has 0 spiro atoms. The van der Waals surface area contributed by atoms with Crippen LogP contribution in [-0.4, -0.2) is 24.8 Å². The monoisotopic (exact) mass is 377 g/mol. The Balaban J connectivity index is 1.40. The van der Waals surface area contributed by atoms with Crippen molar-refractivity contribution in [2.75, 3.05) is 24.5 Å². The lowest BCUT2D eigenvalue weighted by atomic mass is 10.2. The number of aromatic nitrogens is 1. The van der Waals surface area contributed by atoms with Gasteiger partial charge in [-0.15, -0.1) is 0 Å². The van der Waals surface area contributed by atoms with Crippen LogP contribution in [0.15, 0.2) is 60.8 Å². The molecule has 28 heavy (non-hydrogen) atoms. The Kier molecular flexibility index (Phi) is 4.97. The van der Waals surface area contributed by atoms with Gasteiger partial charge < -0.3 is 24.8 Å². The van der Waals surface area contributed by atoms with E-state index in [-0.39, 0.29) is 12.7 Å². The Morgan fingerprint density at radius 2 is 1.86 bits per heavy atom. The molecule has 1 aliphatic heterocycles. The molecule has 0 aliphatic carbocycles. The van der Waals surface area contributed by atoms with Crippen molar-refractivity contribution in [3.05, 3.63) is 72.1 Å². The van der Waals surface area contributed by atoms with Gasteiger partial charge in [-0.2, -0.15) is 0 Å². The first-order valence-corrected chi connectivity index (χ1v) is 8.75. The van der Waals surface area contributed by atoms with Crippen molar-refractivity contribution in [1.29, 1.82) is 0 Å². The van der Waals surface area contributed by atoms with Crippen molar-refractivity contribution in [2.45, 2.75) is 6.54 Å². The number of nitrogens with zero attached hydrogens (tertiary/aromatic N) is 1. The molecule has 2 aromatic carbocycles. The van der Waals surface area contributed by atoms with Gasteiger partial charge in [-0.25, -0.2) is 0 Å². The second-order valence-corrected chi connectivity index (χ2v) is 6.15. The molecule has 1 amide bonds. The highest BCUT2D eigenvalue weighted by atomic mass is 16.7. The Hall–Kier alpha value is -3.74. The number of hydrogen-bond donors (Lipinski definition) is 2. The van der Waals surface area contributed by atoms with Crippen LogP contribution in [0.3, 0.4) is 0 Å². The van der Waals surface area contributed by atoms with Gasteiger partial charge in [0.1, 0.15) is 11.4 Å². The van der Waals surface area contributed by atoms with E-state index in [1.165, 1.54) is 0 Å². The third-order valence-electron chi connectivity index (χ3n) is 4.27. The zero-order valence-electron chi connectivity index (χ0n) is 15.3. The highest BCUT2D eigenvalue weighted by Gasteiger charge is 2.13. The van der Waals surface area contributed by atoms with Gasteiger partial charge in [-0.1, -0.05) is 6.07 Å². The van der Waals surface area contributed by atoms with Crippen LogP contribution in [0.1, 0.15) is 16.1 Å². The van der Waals surface area contributed by atoms with Gasteiger partial charge in [0.15, 0.2) is 11.5 Å². The predicted molar refractivity (Wildman–Crippen MR) is 105 cm³/mol. The summed E-state index contributed by atoms with van der Waals surface area (Å²) in [6.45, 7) is 0.837. The minimum absolute atomic E-state index is 0.253. The smallest absolute Gasteiger partial charge is 0.274 e. The van der Waals surface area contributed by atoms with Crippen LogP contribution in [-0.2, 0) is 6.54 Å². The minimum atomic E-state index is -0.281. The third kappa shape index (κ3) is 3.98. The van der Waals surface area contributed by atoms with Gasteiger partial charge in [0.05, 0.1) is 7.11 Å². The van der Waals surface area contributed by atoms with Crippen LogP contribution in [0.2, 0.25) is 0 Å². The van der Waals surface area contributed by atoms with E-state index in [1.54, 1.807) is 43.6 Å². The number of carbonyl (C=O) groups excluding carboxylic acids is 1. The number of ether oxygens (including phenoxy) is 3. The largest absolute Gasteiger partial charge is 0.497 e. The Morgan fingerprint density at radius 1 is 1.04 bits per heavy atom. The quantitative estimate of drug-likeness (QED) is 0.682. The predicted octanol–water partition coefficient (Wildman–Crippen LogP) is 3.68. The van der Waals surface area contributed by atoms with Crippen LogP contribution in [0.5, 0.6) is 17.2 Å². The van der Waals surface area contributed by atoms with E-state index in [1.807, 2.05) is 24.3 Å². The molecule has 0 bridgehead atoms. The van der Waals surface area contributed by atoms with Gasteiger partial charge in [-0.05, 0) is 54.1 Å². The van der Waals surface area contributed by atoms with Crippen molar-refractivity contribution < 1.29 is 19.0 Å². The Bertz CT molecular complexity index is 989. The second kappa shape index (κ2) is 7.87. The van der Waals surface area contributed by atoms with Gasteiger partial charge in [0, 0.05) is 24.1 Å². The molecule has 7 nitrogen and oxygen atoms in total. The molecule has 3 aromatic rings. The summed E-state index contributed by atoms with van der Waals surface area (Å²) in [4.78, 5) is 16.6. The Labute approximate surface area is 162 Å². The maximum atomic E-state index is 12.5.